The van der Waals surface area contributed by atoms with E-state index in [1.54, 1.807) is 0 Å². The van der Waals surface area contributed by atoms with Crippen LogP contribution in [0.1, 0.15) is 44.3 Å². The monoisotopic (exact) mass is 357 g/mol. The van der Waals surface area contributed by atoms with Gasteiger partial charge in [0.1, 0.15) is 11.5 Å². The molecule has 4 aliphatic rings. The first-order valence-corrected chi connectivity index (χ1v) is 9.71. The number of benzene rings is 1. The number of hydrogen-bond donors (Lipinski definition) is 2. The summed E-state index contributed by atoms with van der Waals surface area (Å²) in [6.07, 6.45) is 6.64. The first-order chi connectivity index (χ1) is 12.0. The molecule has 1 aromatic carbocycles. The van der Waals surface area contributed by atoms with Crippen LogP contribution in [0.4, 0.5) is 0 Å². The topological polar surface area (TPSA) is 45.4 Å². The van der Waals surface area contributed by atoms with Gasteiger partial charge in [0.15, 0.2) is 0 Å². The Balaban J connectivity index is 1.30. The maximum absolute atomic E-state index is 10.9. The first kappa shape index (κ1) is 15.9. The summed E-state index contributed by atoms with van der Waals surface area (Å²) < 4.78 is 6.03. The lowest BCUT2D eigenvalue weighted by Gasteiger charge is -2.60. The fraction of sp³-hybridized carbons (Fsp3) is 0.524. The van der Waals surface area contributed by atoms with Gasteiger partial charge in [-0.05, 0) is 86.8 Å². The lowest BCUT2D eigenvalue weighted by Crippen LogP contribution is -2.64. The lowest BCUT2D eigenvalue weighted by atomic mass is 9.51. The van der Waals surface area contributed by atoms with E-state index in [2.05, 4.69) is 5.32 Å². The van der Waals surface area contributed by atoms with Crippen LogP contribution >= 0.6 is 11.6 Å². The molecule has 6 rings (SSSR count). The SMILES string of the molecule is OC12CC3CC(C1)CC(NCc1ccc(-c4ccc(Cl)cc4)o1)(C3)C2. The van der Waals surface area contributed by atoms with Gasteiger partial charge in [-0.25, -0.2) is 0 Å². The third kappa shape index (κ3) is 2.92. The maximum atomic E-state index is 10.9. The van der Waals surface area contributed by atoms with Crippen molar-refractivity contribution in [2.45, 2.75) is 56.2 Å². The summed E-state index contributed by atoms with van der Waals surface area (Å²) in [6.45, 7) is 0.725. The van der Waals surface area contributed by atoms with E-state index in [0.717, 1.165) is 47.9 Å². The zero-order chi connectivity index (χ0) is 17.1. The molecule has 2 N–H and O–H groups in total. The van der Waals surface area contributed by atoms with Crippen LogP contribution in [0.15, 0.2) is 40.8 Å². The van der Waals surface area contributed by atoms with Crippen LogP contribution in [0.5, 0.6) is 0 Å². The molecule has 3 nitrogen and oxygen atoms in total. The van der Waals surface area contributed by atoms with Crippen LogP contribution in [-0.4, -0.2) is 16.2 Å². The van der Waals surface area contributed by atoms with Crippen LogP contribution in [0.25, 0.3) is 11.3 Å². The molecule has 0 amide bonds. The summed E-state index contributed by atoms with van der Waals surface area (Å²) in [5.41, 5.74) is 0.723. The van der Waals surface area contributed by atoms with E-state index in [-0.39, 0.29) is 5.54 Å². The zero-order valence-electron chi connectivity index (χ0n) is 14.3. The van der Waals surface area contributed by atoms with Crippen molar-refractivity contribution in [1.82, 2.24) is 5.32 Å². The minimum atomic E-state index is -0.422. The van der Waals surface area contributed by atoms with Crippen molar-refractivity contribution >= 4 is 11.6 Å². The number of nitrogens with one attached hydrogen (secondary N) is 1. The number of aliphatic hydroxyl groups is 1. The van der Waals surface area contributed by atoms with Gasteiger partial charge in [0.2, 0.25) is 0 Å². The van der Waals surface area contributed by atoms with Crippen molar-refractivity contribution in [1.29, 1.82) is 0 Å². The van der Waals surface area contributed by atoms with Crippen molar-refractivity contribution in [2.75, 3.05) is 0 Å². The first-order valence-electron chi connectivity index (χ1n) is 9.33. The normalized spacial score (nSPS) is 36.1. The van der Waals surface area contributed by atoms with Crippen LogP contribution in [0.3, 0.4) is 0 Å². The fourth-order valence-corrected chi connectivity index (χ4v) is 6.06. The second kappa shape index (κ2) is 5.60. The average Bonchev–Trinajstić information content (AvgIpc) is 3.00. The Morgan fingerprint density at radius 3 is 2.44 bits per heavy atom. The van der Waals surface area contributed by atoms with Gasteiger partial charge in [-0.1, -0.05) is 11.6 Å². The number of hydrogen-bond acceptors (Lipinski definition) is 3. The third-order valence-electron chi connectivity index (χ3n) is 6.46. The molecule has 4 saturated carbocycles. The molecular formula is C21H24ClNO2. The number of halogens is 1. The lowest BCUT2D eigenvalue weighted by molar-refractivity contribution is -0.143. The average molecular weight is 358 g/mol. The van der Waals surface area contributed by atoms with Crippen LogP contribution < -0.4 is 5.32 Å². The largest absolute Gasteiger partial charge is 0.460 e. The van der Waals surface area contributed by atoms with Gasteiger partial charge >= 0.3 is 0 Å². The molecular weight excluding hydrogens is 334 g/mol. The van der Waals surface area contributed by atoms with E-state index in [1.165, 1.54) is 19.3 Å². The van der Waals surface area contributed by atoms with Crippen molar-refractivity contribution in [3.63, 3.8) is 0 Å². The Bertz CT molecular complexity index is 767. The number of rotatable bonds is 4. The summed E-state index contributed by atoms with van der Waals surface area (Å²) in [6, 6.07) is 11.8. The Morgan fingerprint density at radius 1 is 1.04 bits per heavy atom. The molecule has 4 aliphatic carbocycles. The van der Waals surface area contributed by atoms with E-state index in [1.807, 2.05) is 36.4 Å². The van der Waals surface area contributed by atoms with E-state index in [9.17, 15) is 5.11 Å². The van der Waals surface area contributed by atoms with Crippen molar-refractivity contribution in [3.8, 4) is 11.3 Å². The van der Waals surface area contributed by atoms with Crippen molar-refractivity contribution in [3.05, 3.63) is 47.2 Å². The van der Waals surface area contributed by atoms with E-state index in [0.29, 0.717) is 11.8 Å². The van der Waals surface area contributed by atoms with Crippen molar-refractivity contribution in [2.24, 2.45) is 11.8 Å². The zero-order valence-corrected chi connectivity index (χ0v) is 15.1. The molecule has 4 fully saturated rings. The summed E-state index contributed by atoms with van der Waals surface area (Å²) in [4.78, 5) is 0. The molecule has 0 aliphatic heterocycles. The molecule has 0 saturated heterocycles. The summed E-state index contributed by atoms with van der Waals surface area (Å²) in [5.74, 6) is 3.21. The molecule has 4 bridgehead atoms. The van der Waals surface area contributed by atoms with E-state index in [4.69, 9.17) is 16.0 Å². The molecule has 4 heteroatoms. The third-order valence-corrected chi connectivity index (χ3v) is 6.71. The van der Waals surface area contributed by atoms with Gasteiger partial charge < -0.3 is 14.8 Å². The van der Waals surface area contributed by atoms with Crippen molar-refractivity contribution < 1.29 is 9.52 Å². The quantitative estimate of drug-likeness (QED) is 0.828. The molecule has 1 heterocycles. The molecule has 0 radical (unpaired) electrons. The highest BCUT2D eigenvalue weighted by Gasteiger charge is 2.56. The minimum Gasteiger partial charge on any atom is -0.460 e. The summed E-state index contributed by atoms with van der Waals surface area (Å²) in [5, 5.41) is 15.4. The van der Waals surface area contributed by atoms with Gasteiger partial charge in [-0.15, -0.1) is 0 Å². The highest BCUT2D eigenvalue weighted by molar-refractivity contribution is 6.30. The van der Waals surface area contributed by atoms with E-state index >= 15 is 0 Å². The minimum absolute atomic E-state index is 0.103. The second-order valence-corrected chi connectivity index (χ2v) is 9.03. The molecule has 2 aromatic rings. The fourth-order valence-electron chi connectivity index (χ4n) is 5.94. The molecule has 132 valence electrons. The molecule has 1 aromatic heterocycles. The molecule has 0 spiro atoms. The van der Waals surface area contributed by atoms with Crippen LogP contribution in [-0.2, 0) is 6.54 Å². The molecule has 2 unspecified atom stereocenters. The highest BCUT2D eigenvalue weighted by Crippen LogP contribution is 2.57. The maximum Gasteiger partial charge on any atom is 0.134 e. The summed E-state index contributed by atoms with van der Waals surface area (Å²) in [7, 11) is 0. The molecule has 25 heavy (non-hydrogen) atoms. The van der Waals surface area contributed by atoms with Gasteiger partial charge in [0.05, 0.1) is 12.1 Å². The summed E-state index contributed by atoms with van der Waals surface area (Å²) >= 11 is 5.95. The van der Waals surface area contributed by atoms with E-state index < -0.39 is 5.60 Å². The van der Waals surface area contributed by atoms with Gasteiger partial charge in [-0.2, -0.15) is 0 Å². The Kier molecular flexibility index (Phi) is 3.57. The molecule has 2 atom stereocenters. The predicted octanol–water partition coefficient (Wildman–Crippen LogP) is 4.77. The van der Waals surface area contributed by atoms with Gasteiger partial charge in [0, 0.05) is 16.1 Å². The Labute approximate surface area is 153 Å². The standard InChI is InChI=1S/C21H24ClNO2/c22-17-3-1-16(2-4-17)19-6-5-18(25-19)12-23-20-8-14-7-15(9-20)11-21(24,10-14)13-20/h1-6,14-15,23-24H,7-13H2. The van der Waals surface area contributed by atoms with Crippen LogP contribution in [0.2, 0.25) is 5.02 Å². The Morgan fingerprint density at radius 2 is 1.76 bits per heavy atom. The van der Waals surface area contributed by atoms with Gasteiger partial charge in [-0.3, -0.25) is 0 Å². The smallest absolute Gasteiger partial charge is 0.134 e. The predicted molar refractivity (Wildman–Crippen MR) is 98.4 cm³/mol. The Hall–Kier alpha value is -1.29. The second-order valence-electron chi connectivity index (χ2n) is 8.59. The van der Waals surface area contributed by atoms with Gasteiger partial charge in [0.25, 0.3) is 0 Å². The highest BCUT2D eigenvalue weighted by atomic mass is 35.5. The van der Waals surface area contributed by atoms with Crippen LogP contribution in [0, 0.1) is 11.8 Å². The number of furan rings is 1.